The fourth-order valence-corrected chi connectivity index (χ4v) is 2.73. The highest BCUT2D eigenvalue weighted by Gasteiger charge is 2.18. The molecule has 1 aromatic carbocycles. The summed E-state index contributed by atoms with van der Waals surface area (Å²) >= 11 is 3.22. The van der Waals surface area contributed by atoms with Gasteiger partial charge >= 0.3 is 0 Å². The molecule has 0 saturated heterocycles. The monoisotopic (exact) mass is 413 g/mol. The van der Waals surface area contributed by atoms with Crippen molar-refractivity contribution in [2.24, 2.45) is 4.99 Å². The third-order valence-electron chi connectivity index (χ3n) is 3.84. The fourth-order valence-electron chi connectivity index (χ4n) is 2.39. The van der Waals surface area contributed by atoms with Gasteiger partial charge in [-0.1, -0.05) is 15.9 Å². The Labute approximate surface area is 156 Å². The maximum absolute atomic E-state index is 11.2. The van der Waals surface area contributed by atoms with Crippen LogP contribution in [0.5, 0.6) is 0 Å². The predicted octanol–water partition coefficient (Wildman–Crippen LogP) is 5.45. The lowest BCUT2D eigenvalue weighted by Gasteiger charge is -2.00. The maximum Gasteiger partial charge on any atom is 0.281 e. The Balaban J connectivity index is 1.94. The van der Waals surface area contributed by atoms with Gasteiger partial charge in [0.05, 0.1) is 16.7 Å². The third kappa shape index (κ3) is 3.30. The summed E-state index contributed by atoms with van der Waals surface area (Å²) in [5.41, 5.74) is 1.40. The van der Waals surface area contributed by atoms with E-state index in [1.165, 1.54) is 12.3 Å². The molecule has 0 spiro atoms. The van der Waals surface area contributed by atoms with Crippen molar-refractivity contribution in [3.63, 3.8) is 0 Å². The summed E-state index contributed by atoms with van der Waals surface area (Å²) < 4.78 is 11.7. The molecule has 2 aromatic heterocycles. The summed E-state index contributed by atoms with van der Waals surface area (Å²) in [5.74, 6) is 1.56. The van der Waals surface area contributed by atoms with Gasteiger partial charge in [-0.3, -0.25) is 10.1 Å². The number of hydrogen-bond donors (Lipinski definition) is 0. The van der Waals surface area contributed by atoms with Gasteiger partial charge < -0.3 is 8.83 Å². The lowest BCUT2D eigenvalue weighted by molar-refractivity contribution is -0.384. The fraction of sp³-hybridized carbons (Fsp3) is 0.111. The van der Waals surface area contributed by atoms with E-state index in [0.717, 1.165) is 5.56 Å². The molecule has 3 aromatic rings. The van der Waals surface area contributed by atoms with Crippen molar-refractivity contribution in [2.75, 3.05) is 0 Å². The lowest BCUT2D eigenvalue weighted by Crippen LogP contribution is -1.91. The van der Waals surface area contributed by atoms with Crippen molar-refractivity contribution in [3.05, 3.63) is 67.6 Å². The van der Waals surface area contributed by atoms with Crippen LogP contribution < -0.4 is 0 Å². The molecular formula is C18H12BrN3O4. The van der Waals surface area contributed by atoms with Crippen molar-refractivity contribution in [1.82, 2.24) is 0 Å². The minimum atomic E-state index is -0.468. The number of nitro benzene ring substituents is 1. The second-order valence-corrected chi connectivity index (χ2v) is 6.37. The standard InChI is InChI=1S/C18H12BrN3O4/c1-10-11(2)25-18(15(10)8-20)21-9-13-4-6-17(26-13)14-5-3-12(19)7-16(14)22(23)24/h3-7,9H,1-2H3/b21-9+. The van der Waals surface area contributed by atoms with Gasteiger partial charge in [-0.05, 0) is 38.1 Å². The Bertz CT molecular complexity index is 1070. The molecule has 0 unspecified atom stereocenters. The van der Waals surface area contributed by atoms with Gasteiger partial charge in [0.15, 0.2) is 0 Å². The molecule has 26 heavy (non-hydrogen) atoms. The van der Waals surface area contributed by atoms with Gasteiger partial charge in [0.25, 0.3) is 5.69 Å². The van der Waals surface area contributed by atoms with E-state index in [1.54, 1.807) is 38.1 Å². The summed E-state index contributed by atoms with van der Waals surface area (Å²) in [7, 11) is 0. The lowest BCUT2D eigenvalue weighted by atomic mass is 10.1. The number of nitro groups is 1. The Morgan fingerprint density at radius 3 is 2.73 bits per heavy atom. The maximum atomic E-state index is 11.2. The Morgan fingerprint density at radius 2 is 2.04 bits per heavy atom. The Hall–Kier alpha value is -3.18. The molecule has 0 fully saturated rings. The first-order chi connectivity index (χ1) is 12.4. The second-order valence-electron chi connectivity index (χ2n) is 5.45. The molecule has 0 amide bonds. The zero-order valence-corrected chi connectivity index (χ0v) is 15.4. The second kappa shape index (κ2) is 6.98. The topological polar surface area (TPSA) is 106 Å². The first kappa shape index (κ1) is 17.6. The highest BCUT2D eigenvalue weighted by atomic mass is 79.9. The molecule has 0 atom stereocenters. The number of aliphatic imine (C=N–C) groups is 1. The van der Waals surface area contributed by atoms with Crippen molar-refractivity contribution in [1.29, 1.82) is 5.26 Å². The minimum Gasteiger partial charge on any atom is -0.455 e. The van der Waals surface area contributed by atoms with Crippen LogP contribution in [0.25, 0.3) is 11.3 Å². The molecular weight excluding hydrogens is 402 g/mol. The molecule has 7 nitrogen and oxygen atoms in total. The van der Waals surface area contributed by atoms with E-state index in [0.29, 0.717) is 32.9 Å². The smallest absolute Gasteiger partial charge is 0.281 e. The van der Waals surface area contributed by atoms with Gasteiger partial charge in [0.2, 0.25) is 5.88 Å². The highest BCUT2D eigenvalue weighted by Crippen LogP contribution is 2.33. The van der Waals surface area contributed by atoms with Crippen LogP contribution in [0.4, 0.5) is 11.6 Å². The zero-order valence-electron chi connectivity index (χ0n) is 13.8. The van der Waals surface area contributed by atoms with Crippen molar-refractivity contribution in [2.45, 2.75) is 13.8 Å². The number of furan rings is 2. The molecule has 8 heteroatoms. The van der Waals surface area contributed by atoms with E-state index >= 15 is 0 Å². The molecule has 0 aliphatic carbocycles. The summed E-state index contributed by atoms with van der Waals surface area (Å²) in [6, 6.07) is 10.0. The largest absolute Gasteiger partial charge is 0.455 e. The molecule has 2 heterocycles. The number of nitrogens with zero attached hydrogens (tertiary/aromatic N) is 3. The van der Waals surface area contributed by atoms with Crippen LogP contribution in [0.2, 0.25) is 0 Å². The van der Waals surface area contributed by atoms with Crippen LogP contribution in [0.3, 0.4) is 0 Å². The molecule has 0 radical (unpaired) electrons. The van der Waals surface area contributed by atoms with E-state index in [1.807, 2.05) is 0 Å². The summed E-state index contributed by atoms with van der Waals surface area (Å²) in [5, 5.41) is 20.4. The average molecular weight is 414 g/mol. The predicted molar refractivity (Wildman–Crippen MR) is 98.6 cm³/mol. The summed E-state index contributed by atoms with van der Waals surface area (Å²) in [6.07, 6.45) is 1.41. The SMILES string of the molecule is Cc1oc(/N=C/c2ccc(-c3ccc(Br)cc3[N+](=O)[O-])o2)c(C#N)c1C. The summed E-state index contributed by atoms with van der Waals surface area (Å²) in [6.45, 7) is 3.54. The molecule has 0 aliphatic rings. The Morgan fingerprint density at radius 1 is 1.27 bits per heavy atom. The molecule has 0 bridgehead atoms. The first-order valence-electron chi connectivity index (χ1n) is 7.49. The van der Waals surface area contributed by atoms with Crippen molar-refractivity contribution in [3.8, 4) is 17.4 Å². The van der Waals surface area contributed by atoms with Gasteiger partial charge in [-0.25, -0.2) is 4.99 Å². The van der Waals surface area contributed by atoms with Gasteiger partial charge in [-0.15, -0.1) is 0 Å². The van der Waals surface area contributed by atoms with E-state index in [4.69, 9.17) is 8.83 Å². The molecule has 0 aliphatic heterocycles. The van der Waals surface area contributed by atoms with E-state index < -0.39 is 4.92 Å². The highest BCUT2D eigenvalue weighted by molar-refractivity contribution is 9.10. The first-order valence-corrected chi connectivity index (χ1v) is 8.28. The van der Waals surface area contributed by atoms with Gasteiger partial charge in [-0.2, -0.15) is 5.26 Å². The molecule has 0 saturated carbocycles. The number of benzene rings is 1. The molecule has 0 N–H and O–H groups in total. The van der Waals surface area contributed by atoms with Crippen LogP contribution in [-0.4, -0.2) is 11.1 Å². The normalized spacial score (nSPS) is 11.0. The number of rotatable bonds is 4. The average Bonchev–Trinajstić information content (AvgIpc) is 3.18. The van der Waals surface area contributed by atoms with E-state index in [2.05, 4.69) is 27.0 Å². The van der Waals surface area contributed by atoms with Crippen molar-refractivity contribution >= 4 is 33.7 Å². The minimum absolute atomic E-state index is 0.0683. The number of aryl methyl sites for hydroxylation is 1. The van der Waals surface area contributed by atoms with Crippen LogP contribution in [0.1, 0.15) is 22.6 Å². The molecule has 3 rings (SSSR count). The van der Waals surface area contributed by atoms with Crippen LogP contribution in [0, 0.1) is 35.3 Å². The van der Waals surface area contributed by atoms with E-state index in [-0.39, 0.29) is 11.6 Å². The van der Waals surface area contributed by atoms with E-state index in [9.17, 15) is 15.4 Å². The van der Waals surface area contributed by atoms with Crippen molar-refractivity contribution < 1.29 is 13.8 Å². The van der Waals surface area contributed by atoms with Crippen LogP contribution in [-0.2, 0) is 0 Å². The van der Waals surface area contributed by atoms with Crippen LogP contribution in [0.15, 0.2) is 48.6 Å². The number of halogens is 1. The number of hydrogen-bond acceptors (Lipinski definition) is 6. The van der Waals surface area contributed by atoms with Crippen LogP contribution >= 0.6 is 15.9 Å². The molecule has 130 valence electrons. The van der Waals surface area contributed by atoms with Gasteiger partial charge in [0.1, 0.15) is 28.9 Å². The zero-order chi connectivity index (χ0) is 18.8. The van der Waals surface area contributed by atoms with Gasteiger partial charge in [0, 0.05) is 16.1 Å². The summed E-state index contributed by atoms with van der Waals surface area (Å²) in [4.78, 5) is 14.9. The number of nitriles is 1. The third-order valence-corrected chi connectivity index (χ3v) is 4.33. The quantitative estimate of drug-likeness (QED) is 0.321. The Kier molecular flexibility index (Phi) is 4.73.